The Hall–Kier alpha value is -0.0400. The summed E-state index contributed by atoms with van der Waals surface area (Å²) in [6.45, 7) is 4.70. The number of rotatable bonds is 1. The van der Waals surface area contributed by atoms with E-state index in [4.69, 9.17) is 5.73 Å². The Morgan fingerprint density at radius 2 is 1.69 bits per heavy atom. The smallest absolute Gasteiger partial charge is 0.0211 e. The lowest BCUT2D eigenvalue weighted by molar-refractivity contribution is 0.0616. The molecule has 0 heterocycles. The van der Waals surface area contributed by atoms with Crippen molar-refractivity contribution in [2.24, 2.45) is 47.2 Å². The molecule has 0 aliphatic heterocycles. The summed E-state index contributed by atoms with van der Waals surface area (Å²) >= 11 is 0. The van der Waals surface area contributed by atoms with Crippen molar-refractivity contribution < 1.29 is 0 Å². The first-order valence-corrected chi connectivity index (χ1v) is 7.40. The highest BCUT2D eigenvalue weighted by Gasteiger charge is 2.66. The highest BCUT2D eigenvalue weighted by molar-refractivity contribution is 5.17. The van der Waals surface area contributed by atoms with E-state index in [1.165, 1.54) is 19.3 Å². The lowest BCUT2D eigenvalue weighted by atomic mass is 9.62. The van der Waals surface area contributed by atoms with Crippen LogP contribution in [0.1, 0.15) is 46.0 Å². The van der Waals surface area contributed by atoms with E-state index in [1.54, 1.807) is 12.8 Å². The van der Waals surface area contributed by atoms with Gasteiger partial charge >= 0.3 is 0 Å². The van der Waals surface area contributed by atoms with Crippen LogP contribution < -0.4 is 5.73 Å². The first kappa shape index (κ1) is 9.94. The first-order chi connectivity index (χ1) is 7.61. The molecule has 7 unspecified atom stereocenters. The number of hydrogen-bond acceptors (Lipinski definition) is 1. The maximum Gasteiger partial charge on any atom is 0.0211 e. The van der Waals surface area contributed by atoms with Crippen LogP contribution in [0.4, 0.5) is 0 Å². The normalized spacial score (nSPS) is 62.2. The molecule has 0 spiro atoms. The monoisotopic (exact) mass is 219 g/mol. The van der Waals surface area contributed by atoms with Crippen molar-refractivity contribution in [3.63, 3.8) is 0 Å². The van der Waals surface area contributed by atoms with Crippen LogP contribution >= 0.6 is 0 Å². The minimum atomic E-state index is 0.205. The first-order valence-electron chi connectivity index (χ1n) is 7.40. The fourth-order valence-electron chi connectivity index (χ4n) is 6.38. The third-order valence-electron chi connectivity index (χ3n) is 6.99. The van der Waals surface area contributed by atoms with E-state index >= 15 is 0 Å². The molecule has 0 aromatic heterocycles. The number of hydrogen-bond donors (Lipinski definition) is 1. The standard InChI is InChI=1S/C15H25N/c1-8(2)15(16)7-11-6-12(15)14-10-4-3-9(5-10)13(11)14/h8-14H,3-7,16H2,1-2H3. The predicted octanol–water partition coefficient (Wildman–Crippen LogP) is 3.04. The Morgan fingerprint density at radius 3 is 2.38 bits per heavy atom. The van der Waals surface area contributed by atoms with Gasteiger partial charge in [0.05, 0.1) is 0 Å². The molecule has 4 fully saturated rings. The Labute approximate surface area is 99.2 Å². The van der Waals surface area contributed by atoms with Gasteiger partial charge in [-0.05, 0) is 73.5 Å². The maximum absolute atomic E-state index is 6.77. The second-order valence-corrected chi connectivity index (χ2v) is 7.56. The second-order valence-electron chi connectivity index (χ2n) is 7.56. The van der Waals surface area contributed by atoms with Crippen molar-refractivity contribution in [3.05, 3.63) is 0 Å². The molecule has 4 bridgehead atoms. The van der Waals surface area contributed by atoms with Crippen molar-refractivity contribution in [1.82, 2.24) is 0 Å². The van der Waals surface area contributed by atoms with Crippen LogP contribution in [0, 0.1) is 41.4 Å². The minimum Gasteiger partial charge on any atom is -0.325 e. The van der Waals surface area contributed by atoms with E-state index in [1.807, 2.05) is 0 Å². The molecule has 1 heteroatoms. The molecule has 4 saturated carbocycles. The third-order valence-corrected chi connectivity index (χ3v) is 6.99. The van der Waals surface area contributed by atoms with Crippen LogP contribution in [-0.4, -0.2) is 5.54 Å². The summed E-state index contributed by atoms with van der Waals surface area (Å²) in [6.07, 6.45) is 7.48. The Kier molecular flexibility index (Phi) is 1.77. The average molecular weight is 219 g/mol. The van der Waals surface area contributed by atoms with Crippen molar-refractivity contribution in [1.29, 1.82) is 0 Å². The Morgan fingerprint density at radius 1 is 1.00 bits per heavy atom. The molecule has 4 rings (SSSR count). The average Bonchev–Trinajstić information content (AvgIpc) is 2.92. The minimum absolute atomic E-state index is 0.205. The Balaban J connectivity index is 1.70. The van der Waals surface area contributed by atoms with Gasteiger partial charge in [-0.25, -0.2) is 0 Å². The highest BCUT2D eigenvalue weighted by atomic mass is 14.9. The quantitative estimate of drug-likeness (QED) is 0.674. The van der Waals surface area contributed by atoms with Gasteiger partial charge in [-0.15, -0.1) is 0 Å². The largest absolute Gasteiger partial charge is 0.325 e. The van der Waals surface area contributed by atoms with Gasteiger partial charge < -0.3 is 5.73 Å². The molecule has 0 aromatic rings. The van der Waals surface area contributed by atoms with E-state index in [-0.39, 0.29) is 5.54 Å². The molecule has 4 aliphatic carbocycles. The van der Waals surface area contributed by atoms with Gasteiger partial charge in [-0.2, -0.15) is 0 Å². The Bertz CT molecular complexity index is 323. The van der Waals surface area contributed by atoms with Crippen LogP contribution in [0.2, 0.25) is 0 Å². The number of fused-ring (bicyclic) bond motifs is 9. The summed E-state index contributed by atoms with van der Waals surface area (Å²) in [5.74, 6) is 6.93. The van der Waals surface area contributed by atoms with Crippen LogP contribution in [0.5, 0.6) is 0 Å². The van der Waals surface area contributed by atoms with Crippen molar-refractivity contribution >= 4 is 0 Å². The molecule has 7 atom stereocenters. The van der Waals surface area contributed by atoms with Gasteiger partial charge in [0, 0.05) is 5.54 Å². The zero-order valence-electron chi connectivity index (χ0n) is 10.7. The molecular formula is C15H25N. The predicted molar refractivity (Wildman–Crippen MR) is 65.8 cm³/mol. The van der Waals surface area contributed by atoms with Gasteiger partial charge in [-0.1, -0.05) is 13.8 Å². The summed E-state index contributed by atoms with van der Waals surface area (Å²) in [5, 5.41) is 0. The summed E-state index contributed by atoms with van der Waals surface area (Å²) in [6, 6.07) is 0. The number of nitrogens with two attached hydrogens (primary N) is 1. The third kappa shape index (κ3) is 0.939. The van der Waals surface area contributed by atoms with Gasteiger partial charge in [0.2, 0.25) is 0 Å². The molecule has 0 saturated heterocycles. The van der Waals surface area contributed by atoms with Crippen LogP contribution in [-0.2, 0) is 0 Å². The summed E-state index contributed by atoms with van der Waals surface area (Å²) < 4.78 is 0. The highest BCUT2D eigenvalue weighted by Crippen LogP contribution is 2.70. The summed E-state index contributed by atoms with van der Waals surface area (Å²) in [5.41, 5.74) is 6.98. The SMILES string of the molecule is CC(C)C1(N)CC2CC1C1C3CCC(C3)C21. The van der Waals surface area contributed by atoms with Crippen LogP contribution in [0.15, 0.2) is 0 Å². The van der Waals surface area contributed by atoms with Crippen LogP contribution in [0.25, 0.3) is 0 Å². The fraction of sp³-hybridized carbons (Fsp3) is 1.00. The summed E-state index contributed by atoms with van der Waals surface area (Å²) in [7, 11) is 0. The van der Waals surface area contributed by atoms with E-state index in [0.29, 0.717) is 5.92 Å². The van der Waals surface area contributed by atoms with E-state index in [0.717, 1.165) is 35.5 Å². The zero-order valence-corrected chi connectivity index (χ0v) is 10.7. The zero-order chi connectivity index (χ0) is 11.1. The van der Waals surface area contributed by atoms with Gasteiger partial charge in [-0.3, -0.25) is 0 Å². The second kappa shape index (κ2) is 2.85. The molecule has 2 N–H and O–H groups in total. The van der Waals surface area contributed by atoms with E-state index in [9.17, 15) is 0 Å². The molecule has 0 amide bonds. The van der Waals surface area contributed by atoms with Gasteiger partial charge in [0.25, 0.3) is 0 Å². The van der Waals surface area contributed by atoms with E-state index in [2.05, 4.69) is 13.8 Å². The van der Waals surface area contributed by atoms with Crippen molar-refractivity contribution in [2.45, 2.75) is 51.5 Å². The summed E-state index contributed by atoms with van der Waals surface area (Å²) in [4.78, 5) is 0. The van der Waals surface area contributed by atoms with Crippen LogP contribution in [0.3, 0.4) is 0 Å². The lowest BCUT2D eigenvalue weighted by Gasteiger charge is -2.46. The fourth-order valence-corrected chi connectivity index (χ4v) is 6.38. The topological polar surface area (TPSA) is 26.0 Å². The molecule has 4 aliphatic rings. The molecule has 0 aromatic carbocycles. The molecule has 16 heavy (non-hydrogen) atoms. The molecular weight excluding hydrogens is 194 g/mol. The van der Waals surface area contributed by atoms with Crippen molar-refractivity contribution in [3.8, 4) is 0 Å². The lowest BCUT2D eigenvalue weighted by Crippen LogP contribution is -2.54. The van der Waals surface area contributed by atoms with Gasteiger partial charge in [0.1, 0.15) is 0 Å². The van der Waals surface area contributed by atoms with Gasteiger partial charge in [0.15, 0.2) is 0 Å². The maximum atomic E-state index is 6.77. The molecule has 0 radical (unpaired) electrons. The van der Waals surface area contributed by atoms with E-state index < -0.39 is 0 Å². The molecule has 1 nitrogen and oxygen atoms in total. The molecule has 90 valence electrons. The van der Waals surface area contributed by atoms with Crippen molar-refractivity contribution in [2.75, 3.05) is 0 Å².